The predicted molar refractivity (Wildman–Crippen MR) is 110 cm³/mol. The van der Waals surface area contributed by atoms with E-state index in [-0.39, 0.29) is 11.5 Å². The average Bonchev–Trinajstić information content (AvgIpc) is 3.17. The summed E-state index contributed by atoms with van der Waals surface area (Å²) in [6.45, 7) is 6.52. The zero-order valence-electron chi connectivity index (χ0n) is 16.8. The summed E-state index contributed by atoms with van der Waals surface area (Å²) in [7, 11) is 0. The molecular weight excluding hydrogens is 366 g/mol. The van der Waals surface area contributed by atoms with E-state index in [2.05, 4.69) is 42.0 Å². The summed E-state index contributed by atoms with van der Waals surface area (Å²) in [5.41, 5.74) is 3.25. The topological polar surface area (TPSA) is 82.7 Å². The van der Waals surface area contributed by atoms with Gasteiger partial charge < -0.3 is 10.0 Å². The standard InChI is InChI=1S/C21H27N7O/c1-16-2-6-22-20(25-16)27-13-18(29)11-21(14-27)4-8-26(9-5-21)12-17-3-7-28-19(10-17)23-15-24-28/h2-3,6-7,10,15,18,29H,4-5,8-9,11-14H2,1H3. The number of anilines is 1. The van der Waals surface area contributed by atoms with E-state index < -0.39 is 0 Å². The third kappa shape index (κ3) is 3.82. The number of fused-ring (bicyclic) bond motifs is 1. The third-order valence-corrected chi connectivity index (χ3v) is 6.36. The summed E-state index contributed by atoms with van der Waals surface area (Å²) in [6.07, 6.45) is 8.07. The van der Waals surface area contributed by atoms with Crippen molar-refractivity contribution in [1.82, 2.24) is 29.5 Å². The van der Waals surface area contributed by atoms with Crippen LogP contribution in [0.25, 0.3) is 5.65 Å². The van der Waals surface area contributed by atoms with Gasteiger partial charge in [-0.3, -0.25) is 4.90 Å². The minimum Gasteiger partial charge on any atom is -0.391 e. The van der Waals surface area contributed by atoms with Crippen LogP contribution in [0.1, 0.15) is 30.5 Å². The first-order valence-corrected chi connectivity index (χ1v) is 10.3. The number of aliphatic hydroxyl groups excluding tert-OH is 1. The van der Waals surface area contributed by atoms with Gasteiger partial charge in [-0.05, 0) is 68.5 Å². The van der Waals surface area contributed by atoms with E-state index in [0.717, 1.165) is 62.7 Å². The number of β-amino-alcohol motifs (C(OH)–C–C–N with tert-alkyl or cyclic N) is 1. The van der Waals surface area contributed by atoms with Crippen LogP contribution in [0, 0.1) is 12.3 Å². The molecule has 3 aromatic rings. The number of pyridine rings is 1. The molecule has 0 aromatic carbocycles. The average molecular weight is 393 g/mol. The molecule has 0 bridgehead atoms. The van der Waals surface area contributed by atoms with E-state index in [0.29, 0.717) is 6.54 Å². The van der Waals surface area contributed by atoms with Crippen LogP contribution in [-0.2, 0) is 6.54 Å². The van der Waals surface area contributed by atoms with Crippen LogP contribution >= 0.6 is 0 Å². The molecule has 0 radical (unpaired) electrons. The molecule has 5 rings (SSSR count). The Kier molecular flexibility index (Phi) is 4.67. The maximum atomic E-state index is 10.6. The van der Waals surface area contributed by atoms with Gasteiger partial charge in [-0.15, -0.1) is 0 Å². The van der Waals surface area contributed by atoms with E-state index in [1.165, 1.54) is 5.56 Å². The zero-order valence-corrected chi connectivity index (χ0v) is 16.8. The maximum Gasteiger partial charge on any atom is 0.225 e. The second kappa shape index (κ2) is 7.35. The van der Waals surface area contributed by atoms with Crippen LogP contribution in [0.15, 0.2) is 36.9 Å². The number of piperidine rings is 2. The fraction of sp³-hybridized carbons (Fsp3) is 0.524. The van der Waals surface area contributed by atoms with Crippen molar-refractivity contribution in [2.75, 3.05) is 31.1 Å². The van der Waals surface area contributed by atoms with Crippen molar-refractivity contribution in [2.45, 2.75) is 38.8 Å². The zero-order chi connectivity index (χ0) is 19.8. The molecule has 2 saturated heterocycles. The van der Waals surface area contributed by atoms with Crippen LogP contribution in [0.2, 0.25) is 0 Å². The lowest BCUT2D eigenvalue weighted by Gasteiger charge is -2.49. The van der Waals surface area contributed by atoms with E-state index in [1.807, 2.05) is 19.2 Å². The lowest BCUT2D eigenvalue weighted by molar-refractivity contribution is 0.0241. The minimum atomic E-state index is -0.324. The molecule has 1 spiro atoms. The third-order valence-electron chi connectivity index (χ3n) is 6.36. The van der Waals surface area contributed by atoms with Gasteiger partial charge in [-0.1, -0.05) is 0 Å². The van der Waals surface area contributed by atoms with Gasteiger partial charge in [-0.2, -0.15) is 5.10 Å². The Morgan fingerprint density at radius 3 is 2.90 bits per heavy atom. The largest absolute Gasteiger partial charge is 0.391 e. The van der Waals surface area contributed by atoms with Crippen molar-refractivity contribution in [3.63, 3.8) is 0 Å². The second-order valence-corrected chi connectivity index (χ2v) is 8.61. The van der Waals surface area contributed by atoms with Gasteiger partial charge in [0.25, 0.3) is 0 Å². The first-order valence-electron chi connectivity index (χ1n) is 10.3. The number of rotatable bonds is 3. The van der Waals surface area contributed by atoms with Gasteiger partial charge in [-0.25, -0.2) is 19.5 Å². The Morgan fingerprint density at radius 1 is 1.21 bits per heavy atom. The van der Waals surface area contributed by atoms with Crippen molar-refractivity contribution in [3.8, 4) is 0 Å². The molecule has 5 heterocycles. The summed E-state index contributed by atoms with van der Waals surface area (Å²) < 4.78 is 1.79. The molecule has 2 aliphatic heterocycles. The Bertz CT molecular complexity index is 995. The van der Waals surface area contributed by atoms with E-state index in [1.54, 1.807) is 17.0 Å². The molecule has 0 amide bonds. The lowest BCUT2D eigenvalue weighted by Crippen LogP contribution is -2.54. The van der Waals surface area contributed by atoms with Crippen molar-refractivity contribution < 1.29 is 5.11 Å². The number of aliphatic hydroxyl groups is 1. The molecule has 8 heteroatoms. The molecule has 1 N–H and O–H groups in total. The van der Waals surface area contributed by atoms with Crippen molar-refractivity contribution >= 4 is 11.6 Å². The van der Waals surface area contributed by atoms with Crippen LogP contribution in [0.4, 0.5) is 5.95 Å². The molecule has 3 aromatic heterocycles. The lowest BCUT2D eigenvalue weighted by atomic mass is 9.71. The Morgan fingerprint density at radius 2 is 2.07 bits per heavy atom. The summed E-state index contributed by atoms with van der Waals surface area (Å²) in [6, 6.07) is 6.14. The van der Waals surface area contributed by atoms with Crippen LogP contribution in [-0.4, -0.2) is 66.9 Å². The van der Waals surface area contributed by atoms with Crippen LogP contribution in [0.3, 0.4) is 0 Å². The minimum absolute atomic E-state index is 0.137. The summed E-state index contributed by atoms with van der Waals surface area (Å²) in [4.78, 5) is 18.0. The van der Waals surface area contributed by atoms with Gasteiger partial charge in [0, 0.05) is 37.7 Å². The number of aryl methyl sites for hydroxylation is 1. The van der Waals surface area contributed by atoms with Gasteiger partial charge in [0.15, 0.2) is 5.65 Å². The Labute approximate surface area is 170 Å². The predicted octanol–water partition coefficient (Wildman–Crippen LogP) is 1.68. The van der Waals surface area contributed by atoms with Crippen molar-refractivity contribution in [2.24, 2.45) is 5.41 Å². The highest BCUT2D eigenvalue weighted by Gasteiger charge is 2.42. The molecule has 2 fully saturated rings. The number of hydrogen-bond acceptors (Lipinski definition) is 7. The SMILES string of the molecule is Cc1ccnc(N2CC(O)CC3(CCN(Cc4ccn5ncnc5c4)CC3)C2)n1. The monoisotopic (exact) mass is 393 g/mol. The number of nitrogens with zero attached hydrogens (tertiary/aromatic N) is 7. The van der Waals surface area contributed by atoms with Crippen LogP contribution in [0.5, 0.6) is 0 Å². The summed E-state index contributed by atoms with van der Waals surface area (Å²) in [5, 5.41) is 14.7. The number of aromatic nitrogens is 5. The van der Waals surface area contributed by atoms with E-state index >= 15 is 0 Å². The fourth-order valence-corrected chi connectivity index (χ4v) is 4.85. The Hall–Kier alpha value is -2.58. The molecule has 1 atom stereocenters. The molecule has 152 valence electrons. The van der Waals surface area contributed by atoms with Gasteiger partial charge >= 0.3 is 0 Å². The number of hydrogen-bond donors (Lipinski definition) is 1. The van der Waals surface area contributed by atoms with Gasteiger partial charge in [0.2, 0.25) is 5.95 Å². The number of likely N-dealkylation sites (tertiary alicyclic amines) is 1. The van der Waals surface area contributed by atoms with Crippen molar-refractivity contribution in [1.29, 1.82) is 0 Å². The summed E-state index contributed by atoms with van der Waals surface area (Å²) >= 11 is 0. The molecule has 2 aliphatic rings. The van der Waals surface area contributed by atoms with Gasteiger partial charge in [0.05, 0.1) is 6.10 Å². The van der Waals surface area contributed by atoms with Crippen molar-refractivity contribution in [3.05, 3.63) is 48.2 Å². The fourth-order valence-electron chi connectivity index (χ4n) is 4.85. The maximum absolute atomic E-state index is 10.6. The molecule has 1 unspecified atom stereocenters. The smallest absolute Gasteiger partial charge is 0.225 e. The normalized spacial score (nSPS) is 22.4. The van der Waals surface area contributed by atoms with Gasteiger partial charge in [0.1, 0.15) is 6.33 Å². The van der Waals surface area contributed by atoms with Crippen LogP contribution < -0.4 is 4.90 Å². The highest BCUT2D eigenvalue weighted by molar-refractivity contribution is 5.39. The van der Waals surface area contributed by atoms with E-state index in [4.69, 9.17) is 0 Å². The quantitative estimate of drug-likeness (QED) is 0.725. The second-order valence-electron chi connectivity index (χ2n) is 8.61. The molecule has 29 heavy (non-hydrogen) atoms. The summed E-state index contributed by atoms with van der Waals surface area (Å²) in [5.74, 6) is 0.743. The van der Waals surface area contributed by atoms with E-state index in [9.17, 15) is 5.11 Å². The Balaban J connectivity index is 1.25. The highest BCUT2D eigenvalue weighted by atomic mass is 16.3. The first-order chi connectivity index (χ1) is 14.1. The highest BCUT2D eigenvalue weighted by Crippen LogP contribution is 2.41. The molecule has 0 saturated carbocycles. The molecule has 0 aliphatic carbocycles. The molecule has 8 nitrogen and oxygen atoms in total. The first kappa shape index (κ1) is 18.4. The molecular formula is C21H27N7O.